The molecule has 108 valence electrons. The van der Waals surface area contributed by atoms with Gasteiger partial charge in [-0.05, 0) is 25.1 Å². The van der Waals surface area contributed by atoms with Gasteiger partial charge in [-0.2, -0.15) is 10.4 Å². The number of anilines is 1. The molecule has 0 radical (unpaired) electrons. The Hall–Kier alpha value is -2.29. The summed E-state index contributed by atoms with van der Waals surface area (Å²) >= 11 is 0. The molecule has 0 saturated carbocycles. The van der Waals surface area contributed by atoms with Crippen LogP contribution in [0.4, 0.5) is 5.69 Å². The lowest BCUT2D eigenvalue weighted by Crippen LogP contribution is -2.34. The number of hydrogen-bond donors (Lipinski definition) is 1. The number of hydrogen-bond acceptors (Lipinski definition) is 5. The monoisotopic (exact) mass is 302 g/mol. The molecule has 1 aromatic carbocycles. The van der Waals surface area contributed by atoms with Gasteiger partial charge in [0.1, 0.15) is 17.5 Å². The van der Waals surface area contributed by atoms with Gasteiger partial charge in [-0.1, -0.05) is 17.7 Å². The summed E-state index contributed by atoms with van der Waals surface area (Å²) in [5.41, 5.74) is 10.1. The second kappa shape index (κ2) is 6.00. The molecule has 0 fully saturated rings. The minimum Gasteiger partial charge on any atom is -0.383 e. The van der Waals surface area contributed by atoms with E-state index in [9.17, 15) is 5.26 Å². The largest absolute Gasteiger partial charge is 0.383 e. The van der Waals surface area contributed by atoms with Gasteiger partial charge < -0.3 is 10.5 Å². The fraction of sp³-hybridized carbons (Fsp3) is 0.200. The zero-order chi connectivity index (χ0) is 14.1. The van der Waals surface area contributed by atoms with Gasteiger partial charge in [-0.3, -0.25) is 0 Å². The molecule has 0 aromatic heterocycles. The molecule has 6 heteroatoms. The molecule has 0 aliphatic carbocycles. The van der Waals surface area contributed by atoms with Crippen molar-refractivity contribution in [2.24, 2.45) is 10.8 Å². The number of allylic oxidation sites excluding steroid dienone is 1. The summed E-state index contributed by atoms with van der Waals surface area (Å²) in [7, 11) is 0. The van der Waals surface area contributed by atoms with E-state index in [2.05, 4.69) is 11.2 Å². The third-order valence-corrected chi connectivity index (χ3v) is 3.32. The minimum absolute atomic E-state index is 0. The van der Waals surface area contributed by atoms with Gasteiger partial charge in [0.2, 0.25) is 0 Å². The van der Waals surface area contributed by atoms with Crippen LogP contribution in [0.15, 0.2) is 52.4 Å². The van der Waals surface area contributed by atoms with Crippen LogP contribution in [0.1, 0.15) is 5.56 Å². The van der Waals surface area contributed by atoms with Crippen molar-refractivity contribution in [2.45, 2.75) is 6.92 Å². The van der Waals surface area contributed by atoms with Crippen LogP contribution in [0.2, 0.25) is 0 Å². The molecular weight excluding hydrogens is 288 g/mol. The van der Waals surface area contributed by atoms with Crippen LogP contribution in [-0.2, 0) is 4.74 Å². The highest BCUT2D eigenvalue weighted by atomic mass is 35.5. The molecule has 3 rings (SSSR count). The van der Waals surface area contributed by atoms with E-state index < -0.39 is 0 Å². The lowest BCUT2D eigenvalue weighted by Gasteiger charge is -2.29. The Morgan fingerprint density at radius 1 is 1.33 bits per heavy atom. The first-order valence-corrected chi connectivity index (χ1v) is 6.33. The number of halogens is 1. The Kier molecular flexibility index (Phi) is 4.32. The van der Waals surface area contributed by atoms with Crippen molar-refractivity contribution in [2.75, 3.05) is 18.2 Å². The molecule has 2 aliphatic heterocycles. The number of hydrazone groups is 1. The molecule has 0 saturated heterocycles. The fourth-order valence-corrected chi connectivity index (χ4v) is 2.24. The second-order valence-electron chi connectivity index (χ2n) is 4.70. The van der Waals surface area contributed by atoms with Gasteiger partial charge in [0.15, 0.2) is 0 Å². The first kappa shape index (κ1) is 15.1. The average molecular weight is 303 g/mol. The van der Waals surface area contributed by atoms with Crippen molar-refractivity contribution in [3.63, 3.8) is 0 Å². The molecule has 2 N–H and O–H groups in total. The summed E-state index contributed by atoms with van der Waals surface area (Å²) in [6.45, 7) is 2.89. The quantitative estimate of drug-likeness (QED) is 0.863. The summed E-state index contributed by atoms with van der Waals surface area (Å²) in [5.74, 6) is 0.355. The summed E-state index contributed by atoms with van der Waals surface area (Å²) in [5, 5.41) is 15.5. The standard InChI is InChI=1S/C15H14N4O.ClH/c1-10-2-4-11(5-3-10)19-15(17)13(8-16)12-6-7-20-9-14(12)18-19;/h2-6H,7,9,17H2,1H3;1H. The first-order valence-electron chi connectivity index (χ1n) is 6.33. The zero-order valence-electron chi connectivity index (χ0n) is 11.5. The molecular formula is C15H15ClN4O. The number of nitrogens with two attached hydrogens (primary N) is 1. The Balaban J connectivity index is 0.00000161. The number of nitriles is 1. The summed E-state index contributed by atoms with van der Waals surface area (Å²) < 4.78 is 5.36. The topological polar surface area (TPSA) is 74.6 Å². The summed E-state index contributed by atoms with van der Waals surface area (Å²) in [6.07, 6.45) is 1.85. The van der Waals surface area contributed by atoms with E-state index in [0.29, 0.717) is 24.6 Å². The molecule has 2 aliphatic rings. The minimum atomic E-state index is 0. The molecule has 0 bridgehead atoms. The SMILES string of the molecule is Cc1ccc(N2N=C3COCC=C3C(C#N)=C2N)cc1.Cl. The molecule has 21 heavy (non-hydrogen) atoms. The highest BCUT2D eigenvalue weighted by Gasteiger charge is 2.27. The molecule has 0 unspecified atom stereocenters. The Labute approximate surface area is 129 Å². The maximum atomic E-state index is 9.36. The Morgan fingerprint density at radius 3 is 2.71 bits per heavy atom. The van der Waals surface area contributed by atoms with Crippen LogP contribution in [0.5, 0.6) is 0 Å². The van der Waals surface area contributed by atoms with E-state index >= 15 is 0 Å². The van der Waals surface area contributed by atoms with E-state index in [4.69, 9.17) is 10.5 Å². The third-order valence-electron chi connectivity index (χ3n) is 3.32. The first-order chi connectivity index (χ1) is 9.70. The van der Waals surface area contributed by atoms with Crippen LogP contribution in [-0.4, -0.2) is 18.9 Å². The highest BCUT2D eigenvalue weighted by molar-refractivity contribution is 6.08. The molecule has 0 atom stereocenters. The van der Waals surface area contributed by atoms with Gasteiger partial charge in [-0.15, -0.1) is 12.4 Å². The van der Waals surface area contributed by atoms with E-state index in [1.165, 1.54) is 0 Å². The predicted molar refractivity (Wildman–Crippen MR) is 84.1 cm³/mol. The summed E-state index contributed by atoms with van der Waals surface area (Å²) in [6, 6.07) is 10.0. The van der Waals surface area contributed by atoms with Crippen LogP contribution in [0.3, 0.4) is 0 Å². The maximum absolute atomic E-state index is 9.36. The van der Waals surface area contributed by atoms with Crippen molar-refractivity contribution in [3.8, 4) is 6.07 Å². The second-order valence-corrected chi connectivity index (χ2v) is 4.70. The maximum Gasteiger partial charge on any atom is 0.144 e. The van der Waals surface area contributed by atoms with Crippen LogP contribution in [0.25, 0.3) is 0 Å². The van der Waals surface area contributed by atoms with Gasteiger partial charge in [0.25, 0.3) is 0 Å². The van der Waals surface area contributed by atoms with Crippen molar-refractivity contribution in [1.82, 2.24) is 0 Å². The fourth-order valence-electron chi connectivity index (χ4n) is 2.24. The predicted octanol–water partition coefficient (Wildman–Crippen LogP) is 2.24. The lowest BCUT2D eigenvalue weighted by molar-refractivity contribution is 0.199. The van der Waals surface area contributed by atoms with Crippen molar-refractivity contribution < 1.29 is 4.74 Å². The number of rotatable bonds is 1. The number of aryl methyl sites for hydroxylation is 1. The van der Waals surface area contributed by atoms with Gasteiger partial charge in [0.05, 0.1) is 24.6 Å². The highest BCUT2D eigenvalue weighted by Crippen LogP contribution is 2.29. The van der Waals surface area contributed by atoms with E-state index in [1.54, 1.807) is 5.01 Å². The van der Waals surface area contributed by atoms with Crippen molar-refractivity contribution >= 4 is 23.8 Å². The number of ether oxygens (including phenoxy) is 1. The van der Waals surface area contributed by atoms with E-state index in [-0.39, 0.29) is 12.4 Å². The molecule has 0 amide bonds. The smallest absolute Gasteiger partial charge is 0.144 e. The van der Waals surface area contributed by atoms with Crippen LogP contribution in [0, 0.1) is 18.3 Å². The lowest BCUT2D eigenvalue weighted by atomic mass is 9.99. The number of nitrogens with zero attached hydrogens (tertiary/aromatic N) is 3. The molecule has 2 heterocycles. The van der Waals surface area contributed by atoms with Crippen LogP contribution >= 0.6 is 12.4 Å². The Morgan fingerprint density at radius 2 is 2.05 bits per heavy atom. The molecule has 5 nitrogen and oxygen atoms in total. The third kappa shape index (κ3) is 2.64. The number of benzene rings is 1. The van der Waals surface area contributed by atoms with Crippen molar-refractivity contribution in [1.29, 1.82) is 5.26 Å². The average Bonchev–Trinajstić information content (AvgIpc) is 2.48. The normalized spacial score (nSPS) is 17.2. The number of fused-ring (bicyclic) bond motifs is 1. The van der Waals surface area contributed by atoms with E-state index in [0.717, 1.165) is 22.5 Å². The van der Waals surface area contributed by atoms with E-state index in [1.807, 2.05) is 37.3 Å². The molecule has 1 aromatic rings. The molecule has 0 spiro atoms. The summed E-state index contributed by atoms with van der Waals surface area (Å²) in [4.78, 5) is 0. The Bertz CT molecular complexity index is 683. The van der Waals surface area contributed by atoms with Gasteiger partial charge in [0, 0.05) is 5.57 Å². The van der Waals surface area contributed by atoms with Crippen molar-refractivity contribution in [3.05, 3.63) is 52.9 Å². The van der Waals surface area contributed by atoms with Gasteiger partial charge in [-0.25, -0.2) is 5.01 Å². The zero-order valence-corrected chi connectivity index (χ0v) is 12.4. The van der Waals surface area contributed by atoms with Gasteiger partial charge >= 0.3 is 0 Å². The van der Waals surface area contributed by atoms with Crippen LogP contribution < -0.4 is 10.7 Å².